The third-order valence-electron chi connectivity index (χ3n) is 4.18. The number of sulfonamides is 1. The fourth-order valence-electron chi connectivity index (χ4n) is 2.79. The molecule has 0 aliphatic carbocycles. The third kappa shape index (κ3) is 2.96. The molecule has 25 heavy (non-hydrogen) atoms. The second-order valence-electron chi connectivity index (χ2n) is 5.83. The number of hydrogen-bond acceptors (Lipinski definition) is 4. The molecule has 1 heterocycles. The molecule has 0 saturated heterocycles. The molecular formula is C17H16N2O5S. The van der Waals surface area contributed by atoms with Crippen molar-refractivity contribution >= 4 is 33.3 Å². The normalized spacial score (nSPS) is 13.7. The van der Waals surface area contributed by atoms with Crippen LogP contribution in [0.4, 0.5) is 11.4 Å². The Morgan fingerprint density at radius 3 is 2.64 bits per heavy atom. The highest BCUT2D eigenvalue weighted by molar-refractivity contribution is 7.92. The molecular weight excluding hydrogens is 344 g/mol. The molecule has 0 radical (unpaired) electrons. The van der Waals surface area contributed by atoms with Crippen LogP contribution >= 0.6 is 0 Å². The summed E-state index contributed by atoms with van der Waals surface area (Å²) in [4.78, 5) is 24.5. The van der Waals surface area contributed by atoms with Gasteiger partial charge in [0.25, 0.3) is 10.0 Å². The van der Waals surface area contributed by atoms with Gasteiger partial charge in [0.2, 0.25) is 5.91 Å². The maximum Gasteiger partial charge on any atom is 0.337 e. The molecule has 0 atom stereocenters. The zero-order valence-corrected chi connectivity index (χ0v) is 14.4. The zero-order valence-electron chi connectivity index (χ0n) is 13.6. The predicted molar refractivity (Wildman–Crippen MR) is 92.5 cm³/mol. The highest BCUT2D eigenvalue weighted by Crippen LogP contribution is 2.31. The summed E-state index contributed by atoms with van der Waals surface area (Å²) >= 11 is 0. The molecule has 3 rings (SSSR count). The predicted octanol–water partition coefficient (Wildman–Crippen LogP) is 2.01. The molecule has 0 saturated carbocycles. The average molecular weight is 360 g/mol. The molecule has 1 aliphatic heterocycles. The van der Waals surface area contributed by atoms with E-state index in [1.807, 2.05) is 0 Å². The molecule has 1 amide bonds. The van der Waals surface area contributed by atoms with Crippen LogP contribution in [0.3, 0.4) is 0 Å². The van der Waals surface area contributed by atoms with E-state index in [0.29, 0.717) is 16.8 Å². The van der Waals surface area contributed by atoms with Crippen molar-refractivity contribution < 1.29 is 23.1 Å². The van der Waals surface area contributed by atoms with Gasteiger partial charge in [0.1, 0.15) is 0 Å². The van der Waals surface area contributed by atoms with Crippen LogP contribution in [-0.4, -0.2) is 32.4 Å². The van der Waals surface area contributed by atoms with Crippen molar-refractivity contribution in [3.63, 3.8) is 0 Å². The van der Waals surface area contributed by atoms with Gasteiger partial charge < -0.3 is 10.0 Å². The van der Waals surface area contributed by atoms with Crippen LogP contribution in [0.1, 0.15) is 21.5 Å². The van der Waals surface area contributed by atoms with Crippen molar-refractivity contribution in [2.45, 2.75) is 18.2 Å². The number of carbonyl (C=O) groups is 2. The summed E-state index contributed by atoms with van der Waals surface area (Å²) in [5.41, 5.74) is 1.70. The first-order valence-electron chi connectivity index (χ1n) is 7.46. The van der Waals surface area contributed by atoms with Crippen LogP contribution in [0.5, 0.6) is 0 Å². The lowest BCUT2D eigenvalue weighted by Gasteiger charge is -2.14. The van der Waals surface area contributed by atoms with Gasteiger partial charge in [-0.1, -0.05) is 12.1 Å². The highest BCUT2D eigenvalue weighted by atomic mass is 32.2. The number of fused-ring (bicyclic) bond motifs is 1. The Labute approximate surface area is 144 Å². The molecule has 0 spiro atoms. The zero-order chi connectivity index (χ0) is 18.4. The number of nitrogens with one attached hydrogen (secondary N) is 1. The average Bonchev–Trinajstić information content (AvgIpc) is 2.83. The van der Waals surface area contributed by atoms with Gasteiger partial charge in [-0.15, -0.1) is 0 Å². The Morgan fingerprint density at radius 2 is 1.96 bits per heavy atom. The minimum absolute atomic E-state index is 0.0195. The number of anilines is 2. The summed E-state index contributed by atoms with van der Waals surface area (Å²) in [5, 5.41) is 9.26. The number of benzene rings is 2. The van der Waals surface area contributed by atoms with E-state index in [1.165, 1.54) is 23.1 Å². The topological polar surface area (TPSA) is 104 Å². The standard InChI is InChI=1S/C17H16N2O5S/c1-10-4-3-5-13(17(21)22)16(10)18-25(23,24)12-6-7-14-11(8-12)9-15(20)19(14)2/h3-8,18H,9H2,1-2H3,(H,21,22). The number of amides is 1. The summed E-state index contributed by atoms with van der Waals surface area (Å²) < 4.78 is 27.7. The minimum atomic E-state index is -3.99. The molecule has 7 nitrogen and oxygen atoms in total. The van der Waals surface area contributed by atoms with Crippen molar-refractivity contribution in [2.24, 2.45) is 0 Å². The first-order valence-corrected chi connectivity index (χ1v) is 8.94. The molecule has 2 aromatic carbocycles. The number of para-hydroxylation sites is 1. The first-order chi connectivity index (χ1) is 11.7. The Hall–Kier alpha value is -2.87. The second kappa shape index (κ2) is 5.89. The monoisotopic (exact) mass is 360 g/mol. The second-order valence-corrected chi connectivity index (χ2v) is 7.51. The summed E-state index contributed by atoms with van der Waals surface area (Å²) in [6.45, 7) is 1.63. The molecule has 130 valence electrons. The van der Waals surface area contributed by atoms with Crippen LogP contribution in [0.2, 0.25) is 0 Å². The number of likely N-dealkylation sites (N-methyl/N-ethyl adjacent to an activating group) is 1. The van der Waals surface area contributed by atoms with Crippen molar-refractivity contribution in [1.82, 2.24) is 0 Å². The number of carboxylic acid groups (broad SMARTS) is 1. The van der Waals surface area contributed by atoms with Gasteiger partial charge in [-0.3, -0.25) is 9.52 Å². The maximum absolute atomic E-state index is 12.7. The van der Waals surface area contributed by atoms with Gasteiger partial charge in [0.15, 0.2) is 0 Å². The first kappa shape index (κ1) is 17.0. The number of aromatic carboxylic acids is 1. The molecule has 0 fully saturated rings. The molecule has 2 N–H and O–H groups in total. The molecule has 1 aliphatic rings. The van der Waals surface area contributed by atoms with E-state index < -0.39 is 16.0 Å². The molecule has 0 unspecified atom stereocenters. The van der Waals surface area contributed by atoms with E-state index in [9.17, 15) is 23.1 Å². The molecule has 0 aromatic heterocycles. The number of carbonyl (C=O) groups excluding carboxylic acids is 1. The van der Waals surface area contributed by atoms with E-state index >= 15 is 0 Å². The number of carboxylic acids is 1. The summed E-state index contributed by atoms with van der Waals surface area (Å²) in [7, 11) is -2.36. The summed E-state index contributed by atoms with van der Waals surface area (Å²) in [6, 6.07) is 8.93. The number of rotatable bonds is 4. The van der Waals surface area contributed by atoms with E-state index in [2.05, 4.69) is 4.72 Å². The Kier molecular flexibility index (Phi) is 4.00. The third-order valence-corrected chi connectivity index (χ3v) is 5.53. The largest absolute Gasteiger partial charge is 0.478 e. The number of nitrogens with zero attached hydrogens (tertiary/aromatic N) is 1. The van der Waals surface area contributed by atoms with Crippen molar-refractivity contribution in [3.05, 3.63) is 53.1 Å². The van der Waals surface area contributed by atoms with Crippen LogP contribution in [0.25, 0.3) is 0 Å². The number of hydrogen-bond donors (Lipinski definition) is 2. The van der Waals surface area contributed by atoms with Gasteiger partial charge in [0, 0.05) is 12.7 Å². The van der Waals surface area contributed by atoms with Crippen LogP contribution in [0.15, 0.2) is 41.3 Å². The van der Waals surface area contributed by atoms with Crippen LogP contribution in [0, 0.1) is 6.92 Å². The van der Waals surface area contributed by atoms with Gasteiger partial charge >= 0.3 is 5.97 Å². The lowest BCUT2D eigenvalue weighted by Crippen LogP contribution is -2.20. The van der Waals surface area contributed by atoms with E-state index in [4.69, 9.17) is 0 Å². The van der Waals surface area contributed by atoms with Crippen molar-refractivity contribution in [1.29, 1.82) is 0 Å². The summed E-state index contributed by atoms with van der Waals surface area (Å²) in [5.74, 6) is -1.33. The Balaban J connectivity index is 2.01. The molecule has 2 aromatic rings. The highest BCUT2D eigenvalue weighted by Gasteiger charge is 2.27. The lowest BCUT2D eigenvalue weighted by atomic mass is 10.1. The van der Waals surface area contributed by atoms with Gasteiger partial charge in [-0.25, -0.2) is 13.2 Å². The van der Waals surface area contributed by atoms with Gasteiger partial charge in [-0.2, -0.15) is 0 Å². The van der Waals surface area contributed by atoms with Crippen LogP contribution < -0.4 is 9.62 Å². The Bertz CT molecular complexity index is 998. The fraction of sp³-hybridized carbons (Fsp3) is 0.176. The number of aryl methyl sites for hydroxylation is 1. The Morgan fingerprint density at radius 1 is 1.24 bits per heavy atom. The smallest absolute Gasteiger partial charge is 0.337 e. The van der Waals surface area contributed by atoms with Gasteiger partial charge in [0.05, 0.1) is 22.6 Å². The van der Waals surface area contributed by atoms with E-state index in [-0.39, 0.29) is 28.5 Å². The minimum Gasteiger partial charge on any atom is -0.478 e. The maximum atomic E-state index is 12.7. The van der Waals surface area contributed by atoms with E-state index in [0.717, 1.165) is 0 Å². The lowest BCUT2D eigenvalue weighted by molar-refractivity contribution is -0.117. The van der Waals surface area contributed by atoms with E-state index in [1.54, 1.807) is 32.2 Å². The quantitative estimate of drug-likeness (QED) is 0.868. The summed E-state index contributed by atoms with van der Waals surface area (Å²) in [6.07, 6.45) is 0.139. The molecule has 0 bridgehead atoms. The SMILES string of the molecule is Cc1cccc(C(=O)O)c1NS(=O)(=O)c1ccc2c(c1)CC(=O)N2C. The van der Waals surface area contributed by atoms with Crippen molar-refractivity contribution in [3.8, 4) is 0 Å². The van der Waals surface area contributed by atoms with Gasteiger partial charge in [-0.05, 0) is 42.3 Å². The van der Waals surface area contributed by atoms with Crippen LogP contribution in [-0.2, 0) is 21.2 Å². The fourth-order valence-corrected chi connectivity index (χ4v) is 3.99. The molecule has 8 heteroatoms. The van der Waals surface area contributed by atoms with Crippen molar-refractivity contribution in [2.75, 3.05) is 16.7 Å².